The Kier molecular flexibility index (Phi) is 2.14. The van der Waals surface area contributed by atoms with Crippen molar-refractivity contribution in [3.05, 3.63) is 30.2 Å². The second-order valence-electron chi connectivity index (χ2n) is 4.07. The zero-order valence-corrected chi connectivity index (χ0v) is 8.56. The minimum Gasteiger partial charge on any atom is -0.316 e. The lowest BCUT2D eigenvalue weighted by atomic mass is 9.92. The number of pyridine rings is 1. The predicted octanol–water partition coefficient (Wildman–Crippen LogP) is 1.20. The summed E-state index contributed by atoms with van der Waals surface area (Å²) in [6.07, 6.45) is 6.13. The first-order valence-electron chi connectivity index (χ1n) is 5.43. The fourth-order valence-corrected chi connectivity index (χ4v) is 2.22. The van der Waals surface area contributed by atoms with Crippen molar-refractivity contribution in [1.82, 2.24) is 19.9 Å². The Labute approximate surface area is 88.3 Å². The second kappa shape index (κ2) is 3.62. The molecule has 1 aliphatic rings. The minimum atomic E-state index is 0.639. The molecule has 2 aromatic rings. The van der Waals surface area contributed by atoms with Crippen molar-refractivity contribution >= 4 is 5.65 Å². The monoisotopic (exact) mass is 202 g/mol. The molecule has 3 heterocycles. The highest BCUT2D eigenvalue weighted by Crippen LogP contribution is 2.23. The first-order valence-corrected chi connectivity index (χ1v) is 5.43. The third-order valence-corrected chi connectivity index (χ3v) is 3.07. The van der Waals surface area contributed by atoms with Crippen LogP contribution in [0.4, 0.5) is 0 Å². The van der Waals surface area contributed by atoms with Crippen molar-refractivity contribution in [3.8, 4) is 0 Å². The van der Waals surface area contributed by atoms with Gasteiger partial charge in [-0.05, 0) is 43.0 Å². The summed E-state index contributed by atoms with van der Waals surface area (Å²) >= 11 is 0. The van der Waals surface area contributed by atoms with E-state index in [1.165, 1.54) is 18.4 Å². The number of aromatic nitrogens is 3. The molecular formula is C11H14N4. The van der Waals surface area contributed by atoms with Crippen LogP contribution in [0.2, 0.25) is 0 Å². The van der Waals surface area contributed by atoms with E-state index in [9.17, 15) is 0 Å². The average Bonchev–Trinajstić information content (AvgIpc) is 2.77. The highest BCUT2D eigenvalue weighted by atomic mass is 15.3. The van der Waals surface area contributed by atoms with Crippen LogP contribution in [0.15, 0.2) is 24.7 Å². The topological polar surface area (TPSA) is 42.2 Å². The molecule has 0 aromatic carbocycles. The van der Waals surface area contributed by atoms with E-state index in [0.717, 1.165) is 18.7 Å². The summed E-state index contributed by atoms with van der Waals surface area (Å²) in [7, 11) is 0. The van der Waals surface area contributed by atoms with Crippen LogP contribution in [0.25, 0.3) is 5.65 Å². The van der Waals surface area contributed by atoms with Gasteiger partial charge in [-0.2, -0.15) is 5.10 Å². The van der Waals surface area contributed by atoms with Crippen LogP contribution < -0.4 is 5.32 Å². The predicted molar refractivity (Wildman–Crippen MR) is 57.8 cm³/mol. The third-order valence-electron chi connectivity index (χ3n) is 3.07. The summed E-state index contributed by atoms with van der Waals surface area (Å²) in [6, 6.07) is 4.30. The number of rotatable bonds is 1. The molecule has 1 unspecified atom stereocenters. The Balaban J connectivity index is 1.95. The average molecular weight is 202 g/mol. The van der Waals surface area contributed by atoms with Gasteiger partial charge < -0.3 is 5.32 Å². The number of nitrogens with zero attached hydrogens (tertiary/aromatic N) is 3. The number of fused-ring (bicyclic) bond motifs is 1. The quantitative estimate of drug-likeness (QED) is 0.755. The SMILES string of the molecule is c1nc2cc(C3CCCNC3)ccn2n1. The van der Waals surface area contributed by atoms with Crippen molar-refractivity contribution in [2.75, 3.05) is 13.1 Å². The third kappa shape index (κ3) is 1.61. The van der Waals surface area contributed by atoms with Crippen LogP contribution in [0, 0.1) is 0 Å². The molecule has 1 N–H and O–H groups in total. The number of piperidine rings is 1. The lowest BCUT2D eigenvalue weighted by Gasteiger charge is -2.22. The molecular weight excluding hydrogens is 188 g/mol. The van der Waals surface area contributed by atoms with Crippen molar-refractivity contribution < 1.29 is 0 Å². The van der Waals surface area contributed by atoms with E-state index in [0.29, 0.717) is 5.92 Å². The molecule has 0 saturated carbocycles. The van der Waals surface area contributed by atoms with Gasteiger partial charge in [-0.15, -0.1) is 0 Å². The molecule has 0 spiro atoms. The van der Waals surface area contributed by atoms with E-state index < -0.39 is 0 Å². The zero-order chi connectivity index (χ0) is 10.1. The van der Waals surface area contributed by atoms with Gasteiger partial charge >= 0.3 is 0 Å². The molecule has 0 radical (unpaired) electrons. The Bertz CT molecular complexity index is 456. The van der Waals surface area contributed by atoms with E-state index in [2.05, 4.69) is 27.5 Å². The molecule has 4 heteroatoms. The van der Waals surface area contributed by atoms with Gasteiger partial charge in [0.1, 0.15) is 6.33 Å². The van der Waals surface area contributed by atoms with E-state index in [1.54, 1.807) is 10.8 Å². The fourth-order valence-electron chi connectivity index (χ4n) is 2.22. The van der Waals surface area contributed by atoms with Gasteiger partial charge in [-0.3, -0.25) is 0 Å². The fraction of sp³-hybridized carbons (Fsp3) is 0.455. The standard InChI is InChI=1S/C11H14N4/c1-2-10(7-12-4-1)9-3-5-15-11(6-9)13-8-14-15/h3,5-6,8,10,12H,1-2,4,7H2. The molecule has 0 amide bonds. The molecule has 1 saturated heterocycles. The van der Waals surface area contributed by atoms with Gasteiger partial charge in [0.2, 0.25) is 0 Å². The Morgan fingerprint density at radius 2 is 2.47 bits per heavy atom. The largest absolute Gasteiger partial charge is 0.316 e. The van der Waals surface area contributed by atoms with Crippen LogP contribution in [-0.2, 0) is 0 Å². The van der Waals surface area contributed by atoms with Crippen LogP contribution in [0.5, 0.6) is 0 Å². The maximum absolute atomic E-state index is 4.21. The Morgan fingerprint density at radius 3 is 3.33 bits per heavy atom. The number of hydrogen-bond donors (Lipinski definition) is 1. The van der Waals surface area contributed by atoms with Crippen LogP contribution >= 0.6 is 0 Å². The lowest BCUT2D eigenvalue weighted by Crippen LogP contribution is -2.28. The molecule has 0 aliphatic carbocycles. The van der Waals surface area contributed by atoms with E-state index >= 15 is 0 Å². The highest BCUT2D eigenvalue weighted by molar-refractivity contribution is 5.40. The number of hydrogen-bond acceptors (Lipinski definition) is 3. The molecule has 2 aromatic heterocycles. The van der Waals surface area contributed by atoms with E-state index in [4.69, 9.17) is 0 Å². The summed E-state index contributed by atoms with van der Waals surface area (Å²) in [5.41, 5.74) is 2.32. The van der Waals surface area contributed by atoms with E-state index in [-0.39, 0.29) is 0 Å². The Morgan fingerprint density at radius 1 is 1.47 bits per heavy atom. The van der Waals surface area contributed by atoms with Crippen molar-refractivity contribution in [2.45, 2.75) is 18.8 Å². The van der Waals surface area contributed by atoms with Crippen LogP contribution in [0.1, 0.15) is 24.3 Å². The van der Waals surface area contributed by atoms with Gasteiger partial charge in [0.05, 0.1) is 0 Å². The summed E-state index contributed by atoms with van der Waals surface area (Å²) in [6.45, 7) is 2.24. The minimum absolute atomic E-state index is 0.639. The maximum atomic E-state index is 4.21. The molecule has 78 valence electrons. The van der Waals surface area contributed by atoms with Crippen LogP contribution in [0.3, 0.4) is 0 Å². The highest BCUT2D eigenvalue weighted by Gasteiger charge is 2.15. The Hall–Kier alpha value is -1.42. The molecule has 1 atom stereocenters. The summed E-state index contributed by atoms with van der Waals surface area (Å²) in [5.74, 6) is 0.639. The van der Waals surface area contributed by atoms with Crippen LogP contribution in [-0.4, -0.2) is 27.7 Å². The normalized spacial score (nSPS) is 22.0. The van der Waals surface area contributed by atoms with Crippen molar-refractivity contribution in [2.24, 2.45) is 0 Å². The van der Waals surface area contributed by atoms with Gasteiger partial charge in [-0.1, -0.05) is 0 Å². The smallest absolute Gasteiger partial charge is 0.155 e. The molecule has 4 nitrogen and oxygen atoms in total. The molecule has 0 bridgehead atoms. The first kappa shape index (κ1) is 8.85. The van der Waals surface area contributed by atoms with Gasteiger partial charge in [0.15, 0.2) is 5.65 Å². The zero-order valence-electron chi connectivity index (χ0n) is 8.56. The van der Waals surface area contributed by atoms with Crippen molar-refractivity contribution in [1.29, 1.82) is 0 Å². The lowest BCUT2D eigenvalue weighted by molar-refractivity contribution is 0.461. The maximum Gasteiger partial charge on any atom is 0.155 e. The number of nitrogens with one attached hydrogen (secondary N) is 1. The summed E-state index contributed by atoms with van der Waals surface area (Å²) in [5, 5.41) is 7.53. The molecule has 3 rings (SSSR count). The summed E-state index contributed by atoms with van der Waals surface area (Å²) in [4.78, 5) is 4.21. The van der Waals surface area contributed by atoms with E-state index in [1.807, 2.05) is 6.20 Å². The van der Waals surface area contributed by atoms with Gasteiger partial charge in [0, 0.05) is 12.7 Å². The molecule has 1 aliphatic heterocycles. The van der Waals surface area contributed by atoms with Crippen molar-refractivity contribution in [3.63, 3.8) is 0 Å². The van der Waals surface area contributed by atoms with Gasteiger partial charge in [0.25, 0.3) is 0 Å². The second-order valence-corrected chi connectivity index (χ2v) is 4.07. The molecule has 15 heavy (non-hydrogen) atoms. The summed E-state index contributed by atoms with van der Waals surface area (Å²) < 4.78 is 1.81. The van der Waals surface area contributed by atoms with Gasteiger partial charge in [-0.25, -0.2) is 9.50 Å². The molecule has 1 fully saturated rings. The first-order chi connectivity index (χ1) is 7.43.